The molecule has 0 atom stereocenters. The summed E-state index contributed by atoms with van der Waals surface area (Å²) in [5.41, 5.74) is 3.18. The van der Waals surface area contributed by atoms with Gasteiger partial charge in [0.25, 0.3) is 0 Å². The third-order valence-electron chi connectivity index (χ3n) is 4.41. The van der Waals surface area contributed by atoms with Gasteiger partial charge in [0.05, 0.1) is 12.2 Å². The average Bonchev–Trinajstić information content (AvgIpc) is 3.15. The van der Waals surface area contributed by atoms with Gasteiger partial charge in [-0.2, -0.15) is 0 Å². The molecule has 0 spiro atoms. The van der Waals surface area contributed by atoms with E-state index < -0.39 is 5.97 Å². The van der Waals surface area contributed by atoms with Crippen LogP contribution in [-0.4, -0.2) is 27.9 Å². The largest absolute Gasteiger partial charge is 0.493 e. The number of hydrogen-bond acceptors (Lipinski definition) is 5. The van der Waals surface area contributed by atoms with Gasteiger partial charge in [0.1, 0.15) is 15.8 Å². The molecule has 0 amide bonds. The van der Waals surface area contributed by atoms with E-state index in [2.05, 4.69) is 50.9 Å². The van der Waals surface area contributed by atoms with Gasteiger partial charge in [0, 0.05) is 16.7 Å². The molecular formula is C23H26N2O3S. The molecule has 0 saturated carbocycles. The molecule has 29 heavy (non-hydrogen) atoms. The molecule has 6 heteroatoms. The normalized spacial score (nSPS) is 11.7. The average molecular weight is 411 g/mol. The fourth-order valence-electron chi connectivity index (χ4n) is 2.84. The zero-order valence-electron chi connectivity index (χ0n) is 17.4. The van der Waals surface area contributed by atoms with Crippen LogP contribution in [0.25, 0.3) is 21.1 Å². The molecule has 5 nitrogen and oxygen atoms in total. The Hall–Kier alpha value is -2.73. The molecule has 0 aliphatic rings. The van der Waals surface area contributed by atoms with Gasteiger partial charge in [-0.15, -0.1) is 10.2 Å². The summed E-state index contributed by atoms with van der Waals surface area (Å²) < 4.78 is 6.04. The van der Waals surface area contributed by atoms with Crippen molar-refractivity contribution in [3.8, 4) is 26.9 Å². The SMILES string of the molecule is CC(C)COc1ccc(-c2nnc(-c3ccc(C(=O)O)cc3)s2)cc1C(C)(C)C. The van der Waals surface area contributed by atoms with Crippen molar-refractivity contribution in [2.45, 2.75) is 40.0 Å². The first-order chi connectivity index (χ1) is 13.6. The van der Waals surface area contributed by atoms with E-state index in [0.29, 0.717) is 12.5 Å². The topological polar surface area (TPSA) is 72.3 Å². The molecule has 0 fully saturated rings. The van der Waals surface area contributed by atoms with Crippen molar-refractivity contribution in [3.63, 3.8) is 0 Å². The predicted octanol–water partition coefficient (Wildman–Crippen LogP) is 5.90. The lowest BCUT2D eigenvalue weighted by molar-refractivity contribution is 0.0697. The van der Waals surface area contributed by atoms with Gasteiger partial charge in [0.15, 0.2) is 0 Å². The highest BCUT2D eigenvalue weighted by atomic mass is 32.1. The Morgan fingerprint density at radius 1 is 1.03 bits per heavy atom. The third kappa shape index (κ3) is 5.01. The fourth-order valence-corrected chi connectivity index (χ4v) is 3.69. The number of rotatable bonds is 6. The number of nitrogens with zero attached hydrogens (tertiary/aromatic N) is 2. The van der Waals surface area contributed by atoms with Gasteiger partial charge in [-0.05, 0) is 41.7 Å². The molecule has 0 saturated heterocycles. The summed E-state index contributed by atoms with van der Waals surface area (Å²) in [5, 5.41) is 19.3. The van der Waals surface area contributed by atoms with Crippen LogP contribution in [0.1, 0.15) is 50.5 Å². The van der Waals surface area contributed by atoms with Gasteiger partial charge in [-0.1, -0.05) is 58.1 Å². The number of hydrogen-bond donors (Lipinski definition) is 1. The molecule has 1 heterocycles. The van der Waals surface area contributed by atoms with E-state index in [4.69, 9.17) is 9.84 Å². The fraction of sp³-hybridized carbons (Fsp3) is 0.348. The molecule has 1 N–H and O–H groups in total. The van der Waals surface area contributed by atoms with Crippen LogP contribution in [0.2, 0.25) is 0 Å². The first-order valence-corrected chi connectivity index (χ1v) is 10.4. The maximum Gasteiger partial charge on any atom is 0.335 e. The first-order valence-electron chi connectivity index (χ1n) is 9.60. The number of carbonyl (C=O) groups is 1. The minimum Gasteiger partial charge on any atom is -0.493 e. The Bertz CT molecular complexity index is 1000. The monoisotopic (exact) mass is 410 g/mol. The van der Waals surface area contributed by atoms with E-state index in [-0.39, 0.29) is 11.0 Å². The van der Waals surface area contributed by atoms with E-state index in [1.807, 2.05) is 12.1 Å². The molecule has 1 aromatic heterocycles. The third-order valence-corrected chi connectivity index (χ3v) is 5.43. The quantitative estimate of drug-likeness (QED) is 0.547. The van der Waals surface area contributed by atoms with Crippen LogP contribution in [-0.2, 0) is 5.41 Å². The number of aromatic carboxylic acids is 1. The highest BCUT2D eigenvalue weighted by Crippen LogP contribution is 2.37. The highest BCUT2D eigenvalue weighted by molar-refractivity contribution is 7.17. The Balaban J connectivity index is 1.92. The van der Waals surface area contributed by atoms with Crippen LogP contribution in [0.15, 0.2) is 42.5 Å². The Morgan fingerprint density at radius 2 is 1.62 bits per heavy atom. The van der Waals surface area contributed by atoms with E-state index in [0.717, 1.165) is 32.5 Å². The molecule has 3 aromatic rings. The minimum absolute atomic E-state index is 0.0670. The second kappa shape index (κ2) is 8.33. The second-order valence-electron chi connectivity index (χ2n) is 8.46. The van der Waals surface area contributed by atoms with Gasteiger partial charge < -0.3 is 9.84 Å². The van der Waals surface area contributed by atoms with Crippen molar-refractivity contribution in [2.75, 3.05) is 6.61 Å². The van der Waals surface area contributed by atoms with E-state index in [1.54, 1.807) is 24.3 Å². The van der Waals surface area contributed by atoms with Crippen molar-refractivity contribution in [2.24, 2.45) is 5.92 Å². The summed E-state index contributed by atoms with van der Waals surface area (Å²) in [5.74, 6) is 0.425. The summed E-state index contributed by atoms with van der Waals surface area (Å²) >= 11 is 1.49. The standard InChI is InChI=1S/C23H26N2O3S/c1-14(2)13-28-19-11-10-17(12-18(19)23(3,4)5)21-25-24-20(29-21)15-6-8-16(9-7-15)22(26)27/h6-12,14H,13H2,1-5H3,(H,26,27). The van der Waals surface area contributed by atoms with Crippen LogP contribution in [0.3, 0.4) is 0 Å². The van der Waals surface area contributed by atoms with Crippen molar-refractivity contribution in [1.82, 2.24) is 10.2 Å². The van der Waals surface area contributed by atoms with E-state index in [9.17, 15) is 4.79 Å². The van der Waals surface area contributed by atoms with Crippen molar-refractivity contribution >= 4 is 17.3 Å². The summed E-state index contributed by atoms with van der Waals surface area (Å²) in [6, 6.07) is 12.8. The zero-order valence-corrected chi connectivity index (χ0v) is 18.2. The van der Waals surface area contributed by atoms with Gasteiger partial charge in [-0.3, -0.25) is 0 Å². The number of benzene rings is 2. The van der Waals surface area contributed by atoms with Gasteiger partial charge in [-0.25, -0.2) is 4.79 Å². The number of carboxylic acid groups (broad SMARTS) is 1. The summed E-state index contributed by atoms with van der Waals surface area (Å²) in [6.45, 7) is 11.5. The van der Waals surface area contributed by atoms with Crippen LogP contribution >= 0.6 is 11.3 Å². The van der Waals surface area contributed by atoms with E-state index in [1.165, 1.54) is 11.3 Å². The first kappa shape index (κ1) is 21.0. The van der Waals surface area contributed by atoms with Crippen LogP contribution in [0.5, 0.6) is 5.75 Å². The summed E-state index contributed by atoms with van der Waals surface area (Å²) in [6.07, 6.45) is 0. The molecule has 152 valence electrons. The van der Waals surface area contributed by atoms with Crippen LogP contribution in [0.4, 0.5) is 0 Å². The Morgan fingerprint density at radius 3 is 2.17 bits per heavy atom. The Kier molecular flexibility index (Phi) is 6.03. The maximum atomic E-state index is 11.0. The molecule has 0 aliphatic carbocycles. The molecule has 0 bridgehead atoms. The molecule has 3 rings (SSSR count). The summed E-state index contributed by atoms with van der Waals surface area (Å²) in [4.78, 5) is 11.0. The Labute approximate surface area is 175 Å². The summed E-state index contributed by atoms with van der Waals surface area (Å²) in [7, 11) is 0. The van der Waals surface area contributed by atoms with Gasteiger partial charge in [0.2, 0.25) is 0 Å². The lowest BCUT2D eigenvalue weighted by atomic mass is 9.85. The van der Waals surface area contributed by atoms with Crippen molar-refractivity contribution < 1.29 is 14.6 Å². The van der Waals surface area contributed by atoms with Crippen molar-refractivity contribution in [3.05, 3.63) is 53.6 Å². The molecular weight excluding hydrogens is 384 g/mol. The lowest BCUT2D eigenvalue weighted by Gasteiger charge is -2.24. The van der Waals surface area contributed by atoms with Crippen LogP contribution in [0, 0.1) is 5.92 Å². The van der Waals surface area contributed by atoms with Gasteiger partial charge >= 0.3 is 5.97 Å². The second-order valence-corrected chi connectivity index (χ2v) is 9.44. The molecule has 0 aliphatic heterocycles. The predicted molar refractivity (Wildman–Crippen MR) is 117 cm³/mol. The maximum absolute atomic E-state index is 11.0. The lowest BCUT2D eigenvalue weighted by Crippen LogP contribution is -2.15. The zero-order chi connectivity index (χ0) is 21.2. The highest BCUT2D eigenvalue weighted by Gasteiger charge is 2.21. The molecule has 2 aromatic carbocycles. The number of ether oxygens (including phenoxy) is 1. The van der Waals surface area contributed by atoms with E-state index >= 15 is 0 Å². The van der Waals surface area contributed by atoms with Crippen molar-refractivity contribution in [1.29, 1.82) is 0 Å². The number of carboxylic acids is 1. The minimum atomic E-state index is -0.941. The molecule has 0 unspecified atom stereocenters. The van der Waals surface area contributed by atoms with Crippen LogP contribution < -0.4 is 4.74 Å². The molecule has 0 radical (unpaired) electrons. The number of aromatic nitrogens is 2. The smallest absolute Gasteiger partial charge is 0.335 e.